The van der Waals surface area contributed by atoms with Crippen LogP contribution in [0.3, 0.4) is 0 Å². The highest BCUT2D eigenvalue weighted by Crippen LogP contribution is 2.20. The number of thiazole rings is 1. The lowest BCUT2D eigenvalue weighted by molar-refractivity contribution is 0.868. The van der Waals surface area contributed by atoms with Gasteiger partial charge in [0.25, 0.3) is 0 Å². The molecule has 0 aliphatic heterocycles. The predicted molar refractivity (Wildman–Crippen MR) is 63.1 cm³/mol. The van der Waals surface area contributed by atoms with Gasteiger partial charge in [0.05, 0.1) is 11.7 Å². The normalized spacial score (nSPS) is 12.4. The van der Waals surface area contributed by atoms with Crippen LogP contribution in [-0.2, 0) is 0 Å². The molecule has 0 saturated heterocycles. The Hall–Kier alpha value is -1.42. The summed E-state index contributed by atoms with van der Waals surface area (Å²) >= 11 is 1.66. The third-order valence-electron chi connectivity index (χ3n) is 2.08. The molecule has 1 atom stereocenters. The van der Waals surface area contributed by atoms with E-state index in [2.05, 4.69) is 28.3 Å². The minimum absolute atomic E-state index is 0.230. The van der Waals surface area contributed by atoms with E-state index >= 15 is 0 Å². The first-order valence-corrected chi connectivity index (χ1v) is 5.71. The largest absolute Gasteiger partial charge is 0.375 e. The van der Waals surface area contributed by atoms with Crippen molar-refractivity contribution < 1.29 is 0 Å². The zero-order chi connectivity index (χ0) is 10.7. The third kappa shape index (κ3) is 2.53. The van der Waals surface area contributed by atoms with Crippen molar-refractivity contribution in [2.75, 3.05) is 5.32 Å². The molecule has 0 spiro atoms. The van der Waals surface area contributed by atoms with E-state index in [9.17, 15) is 0 Å². The Morgan fingerprint density at radius 2 is 2.27 bits per heavy atom. The maximum atomic E-state index is 4.27. The zero-order valence-electron chi connectivity index (χ0n) is 8.77. The van der Waals surface area contributed by atoms with Crippen LogP contribution in [0.25, 0.3) is 0 Å². The highest BCUT2D eigenvalue weighted by atomic mass is 32.1. The molecule has 1 N–H and O–H groups in total. The van der Waals surface area contributed by atoms with Crippen molar-refractivity contribution in [1.82, 2.24) is 9.97 Å². The van der Waals surface area contributed by atoms with Gasteiger partial charge in [-0.3, -0.25) is 4.98 Å². The van der Waals surface area contributed by atoms with E-state index in [1.54, 1.807) is 11.3 Å². The first-order valence-electron chi connectivity index (χ1n) is 4.83. The van der Waals surface area contributed by atoms with Crippen molar-refractivity contribution in [2.45, 2.75) is 19.9 Å². The van der Waals surface area contributed by atoms with Crippen LogP contribution in [0, 0.1) is 6.92 Å². The number of hydrogen-bond donors (Lipinski definition) is 1. The van der Waals surface area contributed by atoms with E-state index in [0.29, 0.717) is 0 Å². The Labute approximate surface area is 93.2 Å². The summed E-state index contributed by atoms with van der Waals surface area (Å²) in [5, 5.41) is 6.45. The third-order valence-corrected chi connectivity index (χ3v) is 3.04. The molecule has 0 radical (unpaired) electrons. The molecule has 78 valence electrons. The summed E-state index contributed by atoms with van der Waals surface area (Å²) in [5.74, 6) is 0. The smallest absolute Gasteiger partial charge is 0.115 e. The van der Waals surface area contributed by atoms with E-state index < -0.39 is 0 Å². The summed E-state index contributed by atoms with van der Waals surface area (Å²) in [5.41, 5.74) is 2.20. The van der Waals surface area contributed by atoms with Gasteiger partial charge in [-0.1, -0.05) is 0 Å². The van der Waals surface area contributed by atoms with Gasteiger partial charge < -0.3 is 5.32 Å². The molecular weight excluding hydrogens is 206 g/mol. The van der Waals surface area contributed by atoms with Crippen LogP contribution < -0.4 is 5.32 Å². The number of nitrogens with zero attached hydrogens (tertiary/aromatic N) is 2. The van der Waals surface area contributed by atoms with Gasteiger partial charge in [-0.25, -0.2) is 4.98 Å². The Morgan fingerprint density at radius 1 is 1.40 bits per heavy atom. The monoisotopic (exact) mass is 219 g/mol. The lowest BCUT2D eigenvalue weighted by atomic mass is 10.2. The molecule has 2 rings (SSSR count). The second-order valence-electron chi connectivity index (χ2n) is 3.49. The van der Waals surface area contributed by atoms with Gasteiger partial charge in [0.1, 0.15) is 5.01 Å². The molecule has 4 heteroatoms. The fourth-order valence-electron chi connectivity index (χ4n) is 1.39. The number of hydrogen-bond acceptors (Lipinski definition) is 4. The molecule has 0 fully saturated rings. The van der Waals surface area contributed by atoms with Gasteiger partial charge in [0, 0.05) is 24.0 Å². The van der Waals surface area contributed by atoms with Gasteiger partial charge in [-0.05, 0) is 25.5 Å². The summed E-state index contributed by atoms with van der Waals surface area (Å²) in [7, 11) is 0. The molecule has 2 aromatic heterocycles. The molecule has 15 heavy (non-hydrogen) atoms. The number of aryl methyl sites for hydroxylation is 1. The van der Waals surface area contributed by atoms with Gasteiger partial charge in [0.2, 0.25) is 0 Å². The molecule has 0 saturated carbocycles. The van der Waals surface area contributed by atoms with Crippen LogP contribution in [0.2, 0.25) is 0 Å². The minimum Gasteiger partial charge on any atom is -0.375 e. The number of aromatic nitrogens is 2. The molecule has 0 bridgehead atoms. The van der Waals surface area contributed by atoms with E-state index in [0.717, 1.165) is 16.3 Å². The zero-order valence-corrected chi connectivity index (χ0v) is 9.58. The summed E-state index contributed by atoms with van der Waals surface area (Å²) in [6.07, 6.45) is 5.50. The van der Waals surface area contributed by atoms with E-state index in [-0.39, 0.29) is 6.04 Å². The molecule has 0 aliphatic rings. The Kier molecular flexibility index (Phi) is 2.97. The summed E-state index contributed by atoms with van der Waals surface area (Å²) in [6, 6.07) is 2.31. The van der Waals surface area contributed by atoms with Crippen molar-refractivity contribution in [3.63, 3.8) is 0 Å². The standard InChI is InChI=1S/C11H13N3S/c1-8-5-10(7-12-6-8)14-9(2)11-13-3-4-15-11/h3-7,9,14H,1-2H3. The first kappa shape index (κ1) is 10.1. The summed E-state index contributed by atoms with van der Waals surface area (Å²) in [4.78, 5) is 8.41. The van der Waals surface area contributed by atoms with Gasteiger partial charge >= 0.3 is 0 Å². The number of nitrogens with one attached hydrogen (secondary N) is 1. The molecule has 0 aliphatic carbocycles. The summed E-state index contributed by atoms with van der Waals surface area (Å²) in [6.45, 7) is 4.13. The van der Waals surface area contributed by atoms with Gasteiger partial charge in [0.15, 0.2) is 0 Å². The highest BCUT2D eigenvalue weighted by molar-refractivity contribution is 7.09. The van der Waals surface area contributed by atoms with E-state index in [1.807, 2.05) is 30.9 Å². The average Bonchev–Trinajstić information content (AvgIpc) is 2.70. The number of anilines is 1. The quantitative estimate of drug-likeness (QED) is 0.862. The fourth-order valence-corrected chi connectivity index (χ4v) is 2.04. The topological polar surface area (TPSA) is 37.8 Å². The second-order valence-corrected chi connectivity index (χ2v) is 4.41. The highest BCUT2D eigenvalue weighted by Gasteiger charge is 2.07. The Balaban J connectivity index is 2.09. The van der Waals surface area contributed by atoms with Gasteiger partial charge in [-0.2, -0.15) is 0 Å². The van der Waals surface area contributed by atoms with Crippen molar-refractivity contribution in [3.8, 4) is 0 Å². The number of pyridine rings is 1. The van der Waals surface area contributed by atoms with E-state index in [4.69, 9.17) is 0 Å². The van der Waals surface area contributed by atoms with Crippen LogP contribution in [0.1, 0.15) is 23.5 Å². The van der Waals surface area contributed by atoms with Crippen LogP contribution in [0.15, 0.2) is 30.0 Å². The SMILES string of the molecule is Cc1cncc(NC(C)c2nccs2)c1. The van der Waals surface area contributed by atoms with Crippen molar-refractivity contribution in [1.29, 1.82) is 0 Å². The maximum absolute atomic E-state index is 4.27. The van der Waals surface area contributed by atoms with Crippen LogP contribution in [0.5, 0.6) is 0 Å². The molecule has 0 aromatic carbocycles. The van der Waals surface area contributed by atoms with Crippen molar-refractivity contribution in [3.05, 3.63) is 40.6 Å². The molecular formula is C11H13N3S. The predicted octanol–water partition coefficient (Wildman–Crippen LogP) is 3.02. The maximum Gasteiger partial charge on any atom is 0.115 e. The van der Waals surface area contributed by atoms with Crippen molar-refractivity contribution >= 4 is 17.0 Å². The lowest BCUT2D eigenvalue weighted by Crippen LogP contribution is -2.06. The lowest BCUT2D eigenvalue weighted by Gasteiger charge is -2.12. The van der Waals surface area contributed by atoms with Crippen molar-refractivity contribution in [2.24, 2.45) is 0 Å². The Morgan fingerprint density at radius 3 is 2.93 bits per heavy atom. The van der Waals surface area contributed by atoms with Crippen LogP contribution in [0.4, 0.5) is 5.69 Å². The number of rotatable bonds is 3. The first-order chi connectivity index (χ1) is 7.25. The second kappa shape index (κ2) is 4.40. The molecule has 1 unspecified atom stereocenters. The minimum atomic E-state index is 0.230. The molecule has 2 aromatic rings. The average molecular weight is 219 g/mol. The van der Waals surface area contributed by atoms with E-state index in [1.165, 1.54) is 0 Å². The molecule has 0 amide bonds. The Bertz CT molecular complexity index is 425. The molecule has 2 heterocycles. The molecule has 3 nitrogen and oxygen atoms in total. The van der Waals surface area contributed by atoms with Crippen LogP contribution >= 0.6 is 11.3 Å². The van der Waals surface area contributed by atoms with Gasteiger partial charge in [-0.15, -0.1) is 11.3 Å². The van der Waals surface area contributed by atoms with Crippen LogP contribution in [-0.4, -0.2) is 9.97 Å². The fraction of sp³-hybridized carbons (Fsp3) is 0.273. The summed E-state index contributed by atoms with van der Waals surface area (Å²) < 4.78 is 0.